The van der Waals surface area contributed by atoms with Crippen molar-refractivity contribution in [3.8, 4) is 0 Å². The second-order valence-electron chi connectivity index (χ2n) is 4.25. The molecule has 0 spiro atoms. The summed E-state index contributed by atoms with van der Waals surface area (Å²) in [5.41, 5.74) is 0.923. The number of halogens is 1. The van der Waals surface area contributed by atoms with Crippen LogP contribution in [0, 0.1) is 12.7 Å². The van der Waals surface area contributed by atoms with Crippen molar-refractivity contribution in [2.75, 3.05) is 26.2 Å². The van der Waals surface area contributed by atoms with Crippen LogP contribution in [-0.4, -0.2) is 37.0 Å². The summed E-state index contributed by atoms with van der Waals surface area (Å²) in [6.45, 7) is 9.17. The molecule has 1 N–H and O–H groups in total. The summed E-state index contributed by atoms with van der Waals surface area (Å²) in [5.74, 6) is -0.563. The molecule has 0 bridgehead atoms. The Labute approximate surface area is 108 Å². The number of aryl methyl sites for hydroxylation is 1. The van der Waals surface area contributed by atoms with Gasteiger partial charge in [-0.1, -0.05) is 19.9 Å². The van der Waals surface area contributed by atoms with Crippen LogP contribution in [0.4, 0.5) is 4.39 Å². The number of hydrogen-bond acceptors (Lipinski definition) is 2. The summed E-state index contributed by atoms with van der Waals surface area (Å²) in [6.07, 6.45) is 0. The van der Waals surface area contributed by atoms with Gasteiger partial charge in [-0.2, -0.15) is 0 Å². The Morgan fingerprint density at radius 3 is 2.56 bits per heavy atom. The number of benzene rings is 1. The van der Waals surface area contributed by atoms with Crippen molar-refractivity contribution in [3.05, 3.63) is 35.1 Å². The van der Waals surface area contributed by atoms with Crippen LogP contribution in [0.15, 0.2) is 18.2 Å². The molecular formula is C14H21FN2O. The lowest BCUT2D eigenvalue weighted by molar-refractivity contribution is 0.0948. The second kappa shape index (κ2) is 7.11. The minimum absolute atomic E-state index is 0.221. The fourth-order valence-corrected chi connectivity index (χ4v) is 1.70. The Morgan fingerprint density at radius 1 is 1.33 bits per heavy atom. The van der Waals surface area contributed by atoms with Gasteiger partial charge in [0.15, 0.2) is 0 Å². The van der Waals surface area contributed by atoms with Crippen molar-refractivity contribution in [2.45, 2.75) is 20.8 Å². The monoisotopic (exact) mass is 252 g/mol. The molecule has 0 saturated heterocycles. The zero-order valence-corrected chi connectivity index (χ0v) is 11.3. The summed E-state index contributed by atoms with van der Waals surface area (Å²) < 4.78 is 13.3. The lowest BCUT2D eigenvalue weighted by Crippen LogP contribution is -2.34. The van der Waals surface area contributed by atoms with E-state index in [4.69, 9.17) is 0 Å². The molecule has 3 nitrogen and oxygen atoms in total. The van der Waals surface area contributed by atoms with Crippen molar-refractivity contribution < 1.29 is 9.18 Å². The van der Waals surface area contributed by atoms with Crippen LogP contribution in [0.2, 0.25) is 0 Å². The molecule has 4 heteroatoms. The first-order chi connectivity index (χ1) is 8.58. The topological polar surface area (TPSA) is 32.3 Å². The van der Waals surface area contributed by atoms with Gasteiger partial charge in [0.05, 0.1) is 0 Å². The standard InChI is InChI=1S/C14H21FN2O/c1-4-17(5-2)9-8-16-14(18)12-7-6-11(3)13(15)10-12/h6-7,10H,4-5,8-9H2,1-3H3,(H,16,18). The van der Waals surface area contributed by atoms with Gasteiger partial charge in [-0.25, -0.2) is 4.39 Å². The first kappa shape index (κ1) is 14.6. The van der Waals surface area contributed by atoms with E-state index in [1.165, 1.54) is 6.07 Å². The Bertz CT molecular complexity index is 403. The highest BCUT2D eigenvalue weighted by Crippen LogP contribution is 2.08. The van der Waals surface area contributed by atoms with E-state index >= 15 is 0 Å². The highest BCUT2D eigenvalue weighted by molar-refractivity contribution is 5.94. The fraction of sp³-hybridized carbons (Fsp3) is 0.500. The number of likely N-dealkylation sites (N-methyl/N-ethyl adjacent to an activating group) is 1. The molecular weight excluding hydrogens is 231 g/mol. The number of rotatable bonds is 6. The first-order valence-electron chi connectivity index (χ1n) is 6.35. The van der Waals surface area contributed by atoms with Gasteiger partial charge >= 0.3 is 0 Å². The fourth-order valence-electron chi connectivity index (χ4n) is 1.70. The highest BCUT2D eigenvalue weighted by atomic mass is 19.1. The summed E-state index contributed by atoms with van der Waals surface area (Å²) in [7, 11) is 0. The minimum atomic E-state index is -0.341. The number of amides is 1. The van der Waals surface area contributed by atoms with Gasteiger partial charge in [0.2, 0.25) is 0 Å². The van der Waals surface area contributed by atoms with Crippen LogP contribution in [0.25, 0.3) is 0 Å². The molecule has 1 amide bonds. The smallest absolute Gasteiger partial charge is 0.251 e. The predicted octanol–water partition coefficient (Wildman–Crippen LogP) is 2.21. The molecule has 0 unspecified atom stereocenters. The van der Waals surface area contributed by atoms with Crippen LogP contribution in [0.5, 0.6) is 0 Å². The molecule has 0 heterocycles. The Balaban J connectivity index is 2.48. The summed E-state index contributed by atoms with van der Waals surface area (Å²) in [4.78, 5) is 14.0. The van der Waals surface area contributed by atoms with Crippen molar-refractivity contribution in [3.63, 3.8) is 0 Å². The Hall–Kier alpha value is -1.42. The zero-order valence-electron chi connectivity index (χ0n) is 11.3. The van der Waals surface area contributed by atoms with Crippen LogP contribution < -0.4 is 5.32 Å². The van der Waals surface area contributed by atoms with Gasteiger partial charge in [-0.15, -0.1) is 0 Å². The number of hydrogen-bond donors (Lipinski definition) is 1. The average molecular weight is 252 g/mol. The van der Waals surface area contributed by atoms with Crippen molar-refractivity contribution in [1.29, 1.82) is 0 Å². The SMILES string of the molecule is CCN(CC)CCNC(=O)c1ccc(C)c(F)c1. The van der Waals surface area contributed by atoms with Crippen molar-refractivity contribution in [1.82, 2.24) is 10.2 Å². The van der Waals surface area contributed by atoms with Crippen molar-refractivity contribution in [2.24, 2.45) is 0 Å². The van der Waals surface area contributed by atoms with Gasteiger partial charge in [0.25, 0.3) is 5.91 Å². The van der Waals surface area contributed by atoms with E-state index in [0.29, 0.717) is 17.7 Å². The van der Waals surface area contributed by atoms with E-state index in [1.807, 2.05) is 0 Å². The predicted molar refractivity (Wildman–Crippen MR) is 71.3 cm³/mol. The summed E-state index contributed by atoms with van der Waals surface area (Å²) in [5, 5.41) is 2.80. The Kier molecular flexibility index (Phi) is 5.78. The zero-order chi connectivity index (χ0) is 13.5. The van der Waals surface area contributed by atoms with Crippen LogP contribution in [-0.2, 0) is 0 Å². The average Bonchev–Trinajstić information content (AvgIpc) is 2.37. The van der Waals surface area contributed by atoms with Gasteiger partial charge in [-0.05, 0) is 37.7 Å². The van der Waals surface area contributed by atoms with E-state index in [9.17, 15) is 9.18 Å². The second-order valence-corrected chi connectivity index (χ2v) is 4.25. The number of carbonyl (C=O) groups excluding carboxylic acids is 1. The van der Waals surface area contributed by atoms with Crippen LogP contribution in [0.1, 0.15) is 29.8 Å². The maximum Gasteiger partial charge on any atom is 0.251 e. The number of nitrogens with one attached hydrogen (secondary N) is 1. The van der Waals surface area contributed by atoms with E-state index in [0.717, 1.165) is 19.6 Å². The molecule has 0 aliphatic rings. The lowest BCUT2D eigenvalue weighted by Gasteiger charge is -2.17. The molecule has 0 atom stereocenters. The maximum absolute atomic E-state index is 13.3. The minimum Gasteiger partial charge on any atom is -0.351 e. The van der Waals surface area contributed by atoms with E-state index in [-0.39, 0.29) is 11.7 Å². The maximum atomic E-state index is 13.3. The molecule has 100 valence electrons. The quantitative estimate of drug-likeness (QED) is 0.842. The number of carbonyl (C=O) groups is 1. The third-order valence-electron chi connectivity index (χ3n) is 3.04. The highest BCUT2D eigenvalue weighted by Gasteiger charge is 2.08. The molecule has 0 fully saturated rings. The Morgan fingerprint density at radius 2 is 2.00 bits per heavy atom. The molecule has 0 aliphatic heterocycles. The van der Waals surface area contributed by atoms with Gasteiger partial charge in [0, 0.05) is 18.7 Å². The molecule has 1 aromatic rings. The van der Waals surface area contributed by atoms with E-state index in [1.54, 1.807) is 19.1 Å². The van der Waals surface area contributed by atoms with Crippen LogP contribution in [0.3, 0.4) is 0 Å². The molecule has 0 radical (unpaired) electrons. The molecule has 1 rings (SSSR count). The van der Waals surface area contributed by atoms with Gasteiger partial charge < -0.3 is 10.2 Å². The van der Waals surface area contributed by atoms with E-state index in [2.05, 4.69) is 24.1 Å². The molecule has 0 aliphatic carbocycles. The summed E-state index contributed by atoms with van der Waals surface area (Å²) in [6, 6.07) is 4.54. The molecule has 0 saturated carbocycles. The molecule has 1 aromatic carbocycles. The van der Waals surface area contributed by atoms with Gasteiger partial charge in [-0.3, -0.25) is 4.79 Å². The lowest BCUT2D eigenvalue weighted by atomic mass is 10.1. The summed E-state index contributed by atoms with van der Waals surface area (Å²) >= 11 is 0. The van der Waals surface area contributed by atoms with E-state index < -0.39 is 0 Å². The largest absolute Gasteiger partial charge is 0.351 e. The first-order valence-corrected chi connectivity index (χ1v) is 6.35. The number of nitrogens with zero attached hydrogens (tertiary/aromatic N) is 1. The van der Waals surface area contributed by atoms with Crippen LogP contribution >= 0.6 is 0 Å². The molecule has 18 heavy (non-hydrogen) atoms. The normalized spacial score (nSPS) is 10.7. The molecule has 0 aromatic heterocycles. The third kappa shape index (κ3) is 4.11. The van der Waals surface area contributed by atoms with Crippen molar-refractivity contribution >= 4 is 5.91 Å². The van der Waals surface area contributed by atoms with Gasteiger partial charge in [0.1, 0.15) is 5.82 Å². The third-order valence-corrected chi connectivity index (χ3v) is 3.04.